The van der Waals surface area contributed by atoms with E-state index >= 15 is 0 Å². The fourth-order valence-corrected chi connectivity index (χ4v) is 2.90. The van der Waals surface area contributed by atoms with Crippen molar-refractivity contribution in [3.8, 4) is 5.75 Å². The van der Waals surface area contributed by atoms with Gasteiger partial charge in [-0.1, -0.05) is 30.3 Å². The second kappa shape index (κ2) is 8.48. The van der Waals surface area contributed by atoms with Crippen LogP contribution >= 0.6 is 0 Å². The highest BCUT2D eigenvalue weighted by Crippen LogP contribution is 2.14. The lowest BCUT2D eigenvalue weighted by atomic mass is 10.1. The number of amides is 2. The standard InChI is InChI=1S/C19H24N4O2/c1-15(16-6-3-2-4-7-16)22-19(24)23-11-10-21-12-17(23)14-25-18-8-5-9-20-13-18/h2-9,13,15,17,21H,10-12,14H2,1H3,(H,22,24)/t15-,17-/m1/s1. The Morgan fingerprint density at radius 3 is 2.96 bits per heavy atom. The maximum atomic E-state index is 12.7. The van der Waals surface area contributed by atoms with Crippen molar-refractivity contribution in [2.75, 3.05) is 26.2 Å². The number of urea groups is 1. The number of benzene rings is 1. The molecule has 0 spiro atoms. The predicted molar refractivity (Wildman–Crippen MR) is 96.5 cm³/mol. The highest BCUT2D eigenvalue weighted by Gasteiger charge is 2.28. The topological polar surface area (TPSA) is 66.5 Å². The molecule has 0 unspecified atom stereocenters. The molecule has 1 aromatic heterocycles. The van der Waals surface area contributed by atoms with E-state index in [1.165, 1.54) is 0 Å². The zero-order chi connectivity index (χ0) is 17.5. The van der Waals surface area contributed by atoms with E-state index in [9.17, 15) is 4.79 Å². The van der Waals surface area contributed by atoms with Crippen molar-refractivity contribution in [1.29, 1.82) is 0 Å². The van der Waals surface area contributed by atoms with Crippen molar-refractivity contribution in [3.05, 3.63) is 60.4 Å². The summed E-state index contributed by atoms with van der Waals surface area (Å²) in [5.41, 5.74) is 1.09. The van der Waals surface area contributed by atoms with Crippen molar-refractivity contribution >= 4 is 6.03 Å². The van der Waals surface area contributed by atoms with Crippen molar-refractivity contribution < 1.29 is 9.53 Å². The smallest absolute Gasteiger partial charge is 0.318 e. The zero-order valence-electron chi connectivity index (χ0n) is 14.4. The normalized spacial score (nSPS) is 18.4. The molecule has 1 aliphatic rings. The third-order valence-corrected chi connectivity index (χ3v) is 4.33. The van der Waals surface area contributed by atoms with Gasteiger partial charge in [0.05, 0.1) is 18.3 Å². The van der Waals surface area contributed by atoms with E-state index in [2.05, 4.69) is 15.6 Å². The summed E-state index contributed by atoms with van der Waals surface area (Å²) in [5, 5.41) is 6.41. The molecule has 6 nitrogen and oxygen atoms in total. The van der Waals surface area contributed by atoms with Gasteiger partial charge in [0.2, 0.25) is 0 Å². The predicted octanol–water partition coefficient (Wildman–Crippen LogP) is 2.20. The molecule has 1 aliphatic heterocycles. The lowest BCUT2D eigenvalue weighted by Crippen LogP contribution is -2.58. The highest BCUT2D eigenvalue weighted by atomic mass is 16.5. The maximum Gasteiger partial charge on any atom is 0.318 e. The van der Waals surface area contributed by atoms with Crippen LogP contribution in [0.15, 0.2) is 54.9 Å². The molecule has 0 aliphatic carbocycles. The van der Waals surface area contributed by atoms with Gasteiger partial charge in [-0.3, -0.25) is 4.98 Å². The molecule has 132 valence electrons. The van der Waals surface area contributed by atoms with E-state index in [1.54, 1.807) is 12.4 Å². The molecular weight excluding hydrogens is 316 g/mol. The Morgan fingerprint density at radius 1 is 1.36 bits per heavy atom. The number of carbonyl (C=O) groups is 1. The summed E-state index contributed by atoms with van der Waals surface area (Å²) in [7, 11) is 0. The van der Waals surface area contributed by atoms with Gasteiger partial charge in [-0.05, 0) is 24.6 Å². The lowest BCUT2D eigenvalue weighted by Gasteiger charge is -2.36. The summed E-state index contributed by atoms with van der Waals surface area (Å²) >= 11 is 0. The van der Waals surface area contributed by atoms with Crippen molar-refractivity contribution in [2.45, 2.75) is 19.0 Å². The molecule has 6 heteroatoms. The van der Waals surface area contributed by atoms with Crippen LogP contribution in [0.3, 0.4) is 0 Å². The van der Waals surface area contributed by atoms with E-state index in [4.69, 9.17) is 4.74 Å². The fourth-order valence-electron chi connectivity index (χ4n) is 2.90. The molecule has 2 amide bonds. The molecule has 25 heavy (non-hydrogen) atoms. The van der Waals surface area contributed by atoms with Gasteiger partial charge in [0, 0.05) is 25.8 Å². The van der Waals surface area contributed by atoms with Crippen LogP contribution in [0.1, 0.15) is 18.5 Å². The van der Waals surface area contributed by atoms with Gasteiger partial charge in [0.15, 0.2) is 0 Å². The average Bonchev–Trinajstić information content (AvgIpc) is 2.68. The molecular formula is C19H24N4O2. The number of nitrogens with zero attached hydrogens (tertiary/aromatic N) is 2. The van der Waals surface area contributed by atoms with Crippen LogP contribution in [-0.2, 0) is 0 Å². The Morgan fingerprint density at radius 2 is 2.20 bits per heavy atom. The number of aromatic nitrogens is 1. The Bertz CT molecular complexity index is 666. The van der Waals surface area contributed by atoms with Crippen molar-refractivity contribution in [3.63, 3.8) is 0 Å². The third kappa shape index (κ3) is 4.70. The molecule has 1 saturated heterocycles. The third-order valence-electron chi connectivity index (χ3n) is 4.33. The van der Waals surface area contributed by atoms with Crippen LogP contribution in [0.2, 0.25) is 0 Å². The summed E-state index contributed by atoms with van der Waals surface area (Å²) in [6.07, 6.45) is 3.39. The van der Waals surface area contributed by atoms with Gasteiger partial charge in [0.25, 0.3) is 0 Å². The first-order valence-corrected chi connectivity index (χ1v) is 8.59. The van der Waals surface area contributed by atoms with Crippen LogP contribution in [0.4, 0.5) is 4.79 Å². The minimum atomic E-state index is -0.0577. The number of hydrogen-bond acceptors (Lipinski definition) is 4. The molecule has 0 saturated carbocycles. The Balaban J connectivity index is 1.59. The second-order valence-corrected chi connectivity index (χ2v) is 6.13. The van der Waals surface area contributed by atoms with Crippen LogP contribution in [0.5, 0.6) is 5.75 Å². The molecule has 0 radical (unpaired) electrons. The number of rotatable bonds is 5. The Labute approximate surface area is 148 Å². The molecule has 1 aromatic carbocycles. The van der Waals surface area contributed by atoms with E-state index in [-0.39, 0.29) is 18.1 Å². The highest BCUT2D eigenvalue weighted by molar-refractivity contribution is 5.75. The first-order valence-electron chi connectivity index (χ1n) is 8.59. The average molecular weight is 340 g/mol. The molecule has 1 fully saturated rings. The lowest BCUT2D eigenvalue weighted by molar-refractivity contribution is 0.122. The van der Waals surface area contributed by atoms with E-state index in [1.807, 2.05) is 54.3 Å². The minimum Gasteiger partial charge on any atom is -0.490 e. The molecule has 2 atom stereocenters. The van der Waals surface area contributed by atoms with Crippen LogP contribution in [-0.4, -0.2) is 48.2 Å². The van der Waals surface area contributed by atoms with Gasteiger partial charge >= 0.3 is 6.03 Å². The van der Waals surface area contributed by atoms with Gasteiger partial charge in [0.1, 0.15) is 12.4 Å². The zero-order valence-corrected chi connectivity index (χ0v) is 14.4. The number of hydrogen-bond donors (Lipinski definition) is 2. The number of carbonyl (C=O) groups excluding carboxylic acids is 1. The SMILES string of the molecule is C[C@@H](NC(=O)N1CCNC[C@@H]1COc1cccnc1)c1ccccc1. The molecule has 2 N–H and O–H groups in total. The van der Waals surface area contributed by atoms with Crippen LogP contribution in [0, 0.1) is 0 Å². The van der Waals surface area contributed by atoms with Crippen LogP contribution in [0.25, 0.3) is 0 Å². The quantitative estimate of drug-likeness (QED) is 0.876. The Hall–Kier alpha value is -2.60. The minimum absolute atomic E-state index is 0.0167. The van der Waals surface area contributed by atoms with E-state index in [0.717, 1.165) is 12.1 Å². The number of pyridine rings is 1. The molecule has 2 aromatic rings. The van der Waals surface area contributed by atoms with Gasteiger partial charge < -0.3 is 20.3 Å². The number of nitrogens with one attached hydrogen (secondary N) is 2. The van der Waals surface area contributed by atoms with Gasteiger partial charge in [-0.2, -0.15) is 0 Å². The summed E-state index contributed by atoms with van der Waals surface area (Å²) in [5.74, 6) is 0.714. The van der Waals surface area contributed by atoms with Gasteiger partial charge in [-0.15, -0.1) is 0 Å². The second-order valence-electron chi connectivity index (χ2n) is 6.13. The van der Waals surface area contributed by atoms with Gasteiger partial charge in [-0.25, -0.2) is 4.79 Å². The summed E-state index contributed by atoms with van der Waals surface area (Å²) in [6.45, 7) is 4.60. The Kier molecular flexibility index (Phi) is 5.85. The first kappa shape index (κ1) is 17.2. The fraction of sp³-hybridized carbons (Fsp3) is 0.368. The first-order chi connectivity index (χ1) is 12.2. The summed E-state index contributed by atoms with van der Waals surface area (Å²) in [4.78, 5) is 18.6. The number of piperazine rings is 1. The molecule has 3 rings (SSSR count). The number of ether oxygens (including phenoxy) is 1. The maximum absolute atomic E-state index is 12.7. The van der Waals surface area contributed by atoms with E-state index < -0.39 is 0 Å². The molecule has 0 bridgehead atoms. The molecule has 2 heterocycles. The summed E-state index contributed by atoms with van der Waals surface area (Å²) < 4.78 is 5.79. The van der Waals surface area contributed by atoms with Crippen molar-refractivity contribution in [2.24, 2.45) is 0 Å². The van der Waals surface area contributed by atoms with Crippen LogP contribution < -0.4 is 15.4 Å². The van der Waals surface area contributed by atoms with Crippen molar-refractivity contribution in [1.82, 2.24) is 20.5 Å². The monoisotopic (exact) mass is 340 g/mol. The largest absolute Gasteiger partial charge is 0.490 e. The summed E-state index contributed by atoms with van der Waals surface area (Å²) in [6, 6.07) is 13.6. The van der Waals surface area contributed by atoms with E-state index in [0.29, 0.717) is 25.4 Å².